The SMILES string of the molecule is CCCCOC(=O)[C@@H]1C=C(COC)C1. The van der Waals surface area contributed by atoms with Crippen molar-refractivity contribution < 1.29 is 14.3 Å². The van der Waals surface area contributed by atoms with Crippen molar-refractivity contribution in [2.75, 3.05) is 20.3 Å². The topological polar surface area (TPSA) is 35.5 Å². The van der Waals surface area contributed by atoms with Crippen molar-refractivity contribution in [1.29, 1.82) is 0 Å². The predicted octanol–water partition coefficient (Wildman–Crippen LogP) is 1.92. The lowest BCUT2D eigenvalue weighted by atomic mass is 9.87. The second-order valence-corrected chi connectivity index (χ2v) is 3.59. The van der Waals surface area contributed by atoms with Crippen LogP contribution < -0.4 is 0 Å². The van der Waals surface area contributed by atoms with Crippen LogP contribution in [0.3, 0.4) is 0 Å². The molecule has 1 atom stereocenters. The van der Waals surface area contributed by atoms with Crippen LogP contribution in [0, 0.1) is 5.92 Å². The Balaban J connectivity index is 2.16. The van der Waals surface area contributed by atoms with Crippen molar-refractivity contribution >= 4 is 5.97 Å². The summed E-state index contributed by atoms with van der Waals surface area (Å²) in [6.45, 7) is 3.27. The third-order valence-electron chi connectivity index (χ3n) is 2.29. The van der Waals surface area contributed by atoms with Crippen LogP contribution in [-0.4, -0.2) is 26.3 Å². The number of carbonyl (C=O) groups excluding carboxylic acids is 1. The van der Waals surface area contributed by atoms with Crippen molar-refractivity contribution in [2.24, 2.45) is 5.92 Å². The highest BCUT2D eigenvalue weighted by molar-refractivity contribution is 5.76. The van der Waals surface area contributed by atoms with E-state index in [-0.39, 0.29) is 11.9 Å². The minimum atomic E-state index is -0.0849. The summed E-state index contributed by atoms with van der Waals surface area (Å²) in [6.07, 6.45) is 4.76. The summed E-state index contributed by atoms with van der Waals surface area (Å²) >= 11 is 0. The van der Waals surface area contributed by atoms with Crippen LogP contribution in [0.2, 0.25) is 0 Å². The molecule has 0 unspecified atom stereocenters. The van der Waals surface area contributed by atoms with E-state index in [0.29, 0.717) is 13.2 Å². The van der Waals surface area contributed by atoms with E-state index in [2.05, 4.69) is 6.92 Å². The van der Waals surface area contributed by atoms with Gasteiger partial charge >= 0.3 is 5.97 Å². The maximum absolute atomic E-state index is 11.3. The Morgan fingerprint density at radius 1 is 1.64 bits per heavy atom. The third kappa shape index (κ3) is 3.14. The van der Waals surface area contributed by atoms with Crippen molar-refractivity contribution in [3.05, 3.63) is 11.6 Å². The Morgan fingerprint density at radius 2 is 2.36 bits per heavy atom. The molecule has 0 N–H and O–H groups in total. The molecule has 0 saturated carbocycles. The summed E-state index contributed by atoms with van der Waals surface area (Å²) in [5.41, 5.74) is 1.20. The fourth-order valence-electron chi connectivity index (χ4n) is 1.40. The summed E-state index contributed by atoms with van der Waals surface area (Å²) in [5, 5.41) is 0. The molecule has 1 aliphatic carbocycles. The molecule has 0 bridgehead atoms. The zero-order chi connectivity index (χ0) is 10.4. The molecule has 0 fully saturated rings. The number of ether oxygens (including phenoxy) is 2. The number of hydrogen-bond acceptors (Lipinski definition) is 3. The summed E-state index contributed by atoms with van der Waals surface area (Å²) in [7, 11) is 1.66. The summed E-state index contributed by atoms with van der Waals surface area (Å²) in [5.74, 6) is -0.102. The molecular formula is C11H18O3. The first kappa shape index (κ1) is 11.2. The number of hydrogen-bond donors (Lipinski definition) is 0. The Hall–Kier alpha value is -0.830. The smallest absolute Gasteiger partial charge is 0.313 e. The molecule has 3 nitrogen and oxygen atoms in total. The number of carbonyl (C=O) groups is 1. The highest BCUT2D eigenvalue weighted by atomic mass is 16.5. The highest BCUT2D eigenvalue weighted by Crippen LogP contribution is 2.26. The van der Waals surface area contributed by atoms with Gasteiger partial charge in [0.2, 0.25) is 0 Å². The summed E-state index contributed by atoms with van der Waals surface area (Å²) in [4.78, 5) is 11.3. The molecule has 0 saturated heterocycles. The van der Waals surface area contributed by atoms with E-state index < -0.39 is 0 Å². The molecule has 0 spiro atoms. The fourth-order valence-corrected chi connectivity index (χ4v) is 1.40. The minimum Gasteiger partial charge on any atom is -0.465 e. The van der Waals surface area contributed by atoms with Gasteiger partial charge in [0.1, 0.15) is 0 Å². The van der Waals surface area contributed by atoms with Crippen molar-refractivity contribution in [1.82, 2.24) is 0 Å². The van der Waals surface area contributed by atoms with Crippen LogP contribution in [0.4, 0.5) is 0 Å². The molecule has 0 heterocycles. The quantitative estimate of drug-likeness (QED) is 0.371. The van der Waals surface area contributed by atoms with Crippen molar-refractivity contribution in [2.45, 2.75) is 26.2 Å². The lowest BCUT2D eigenvalue weighted by molar-refractivity contribution is -0.147. The van der Waals surface area contributed by atoms with Crippen molar-refractivity contribution in [3.8, 4) is 0 Å². The van der Waals surface area contributed by atoms with E-state index in [9.17, 15) is 4.79 Å². The molecule has 3 heteroatoms. The van der Waals surface area contributed by atoms with Crippen LogP contribution in [-0.2, 0) is 14.3 Å². The van der Waals surface area contributed by atoms with E-state index in [1.165, 1.54) is 5.57 Å². The van der Waals surface area contributed by atoms with E-state index in [4.69, 9.17) is 9.47 Å². The van der Waals surface area contributed by atoms with Crippen LogP contribution >= 0.6 is 0 Å². The van der Waals surface area contributed by atoms with Crippen LogP contribution in [0.5, 0.6) is 0 Å². The van der Waals surface area contributed by atoms with Gasteiger partial charge in [-0.1, -0.05) is 19.4 Å². The second kappa shape index (κ2) is 5.81. The van der Waals surface area contributed by atoms with Gasteiger partial charge in [-0.3, -0.25) is 4.79 Å². The summed E-state index contributed by atoms with van der Waals surface area (Å²) in [6, 6.07) is 0. The first-order chi connectivity index (χ1) is 6.77. The van der Waals surface area contributed by atoms with Gasteiger partial charge in [-0.2, -0.15) is 0 Å². The molecule has 0 radical (unpaired) electrons. The molecule has 1 aliphatic rings. The molecule has 0 aromatic rings. The van der Waals surface area contributed by atoms with E-state index >= 15 is 0 Å². The Labute approximate surface area is 85.1 Å². The molecule has 14 heavy (non-hydrogen) atoms. The van der Waals surface area contributed by atoms with Gasteiger partial charge in [-0.05, 0) is 18.4 Å². The molecule has 0 aliphatic heterocycles. The largest absolute Gasteiger partial charge is 0.465 e. The van der Waals surface area contributed by atoms with Gasteiger partial charge in [0.25, 0.3) is 0 Å². The zero-order valence-corrected chi connectivity index (χ0v) is 8.91. The van der Waals surface area contributed by atoms with Gasteiger partial charge in [-0.15, -0.1) is 0 Å². The predicted molar refractivity (Wildman–Crippen MR) is 53.9 cm³/mol. The van der Waals surface area contributed by atoms with Crippen LogP contribution in [0.15, 0.2) is 11.6 Å². The normalized spacial score (nSPS) is 19.9. The fraction of sp³-hybridized carbons (Fsp3) is 0.727. The zero-order valence-electron chi connectivity index (χ0n) is 8.91. The molecule has 80 valence electrons. The van der Waals surface area contributed by atoms with Crippen LogP contribution in [0.1, 0.15) is 26.2 Å². The number of methoxy groups -OCH3 is 1. The molecule has 0 amide bonds. The van der Waals surface area contributed by atoms with Crippen molar-refractivity contribution in [3.63, 3.8) is 0 Å². The average molecular weight is 198 g/mol. The average Bonchev–Trinajstić information content (AvgIpc) is 2.10. The highest BCUT2D eigenvalue weighted by Gasteiger charge is 2.26. The van der Waals surface area contributed by atoms with E-state index in [1.54, 1.807) is 7.11 Å². The molecular weight excluding hydrogens is 180 g/mol. The van der Waals surface area contributed by atoms with Gasteiger partial charge in [0.15, 0.2) is 0 Å². The van der Waals surface area contributed by atoms with Gasteiger partial charge in [0, 0.05) is 7.11 Å². The first-order valence-corrected chi connectivity index (χ1v) is 5.13. The van der Waals surface area contributed by atoms with Gasteiger partial charge in [0.05, 0.1) is 19.1 Å². The minimum absolute atomic E-state index is 0.0167. The Kier molecular flexibility index (Phi) is 4.66. The monoisotopic (exact) mass is 198 g/mol. The molecule has 0 aromatic heterocycles. The number of rotatable bonds is 6. The lowest BCUT2D eigenvalue weighted by Crippen LogP contribution is -2.24. The Morgan fingerprint density at radius 3 is 2.93 bits per heavy atom. The second-order valence-electron chi connectivity index (χ2n) is 3.59. The first-order valence-electron chi connectivity index (χ1n) is 5.13. The standard InChI is InChI=1S/C11H18O3/c1-3-4-5-14-11(12)10-6-9(7-10)8-13-2/h6,10H,3-5,7-8H2,1-2H3/t10-/m1/s1. The van der Waals surface area contributed by atoms with E-state index in [1.807, 2.05) is 6.08 Å². The van der Waals surface area contributed by atoms with Gasteiger partial charge in [-0.25, -0.2) is 0 Å². The molecule has 1 rings (SSSR count). The number of unbranched alkanes of at least 4 members (excludes halogenated alkanes) is 1. The molecule has 0 aromatic carbocycles. The Bertz CT molecular complexity index is 221. The number of esters is 1. The lowest BCUT2D eigenvalue weighted by Gasteiger charge is -2.23. The third-order valence-corrected chi connectivity index (χ3v) is 2.29. The maximum Gasteiger partial charge on any atom is 0.313 e. The maximum atomic E-state index is 11.3. The van der Waals surface area contributed by atoms with Crippen LogP contribution in [0.25, 0.3) is 0 Å². The summed E-state index contributed by atoms with van der Waals surface area (Å²) < 4.78 is 10.0. The van der Waals surface area contributed by atoms with Gasteiger partial charge < -0.3 is 9.47 Å². The van der Waals surface area contributed by atoms with E-state index in [0.717, 1.165) is 19.3 Å².